The zero-order valence-electron chi connectivity index (χ0n) is 17.0. The fraction of sp³-hybridized carbons (Fsp3) is 0.632. The molecule has 156 valence electrons. The van der Waals surface area contributed by atoms with Crippen molar-refractivity contribution in [1.29, 1.82) is 0 Å². The van der Waals surface area contributed by atoms with Gasteiger partial charge in [0.25, 0.3) is 0 Å². The minimum absolute atomic E-state index is 0. The molecule has 2 N–H and O–H groups in total. The van der Waals surface area contributed by atoms with Crippen molar-refractivity contribution in [3.05, 3.63) is 24.3 Å². The maximum absolute atomic E-state index is 5.71. The number of benzene rings is 1. The van der Waals surface area contributed by atoms with Crippen LogP contribution in [-0.2, 0) is 4.74 Å². The lowest BCUT2D eigenvalue weighted by Crippen LogP contribution is -2.39. The third-order valence-corrected chi connectivity index (χ3v) is 3.71. The van der Waals surface area contributed by atoms with Gasteiger partial charge in [-0.25, -0.2) is 0 Å². The van der Waals surface area contributed by atoms with Gasteiger partial charge in [-0.05, 0) is 44.7 Å². The van der Waals surface area contributed by atoms with Gasteiger partial charge >= 0.3 is 0 Å². The molecular weight excluding hydrogens is 459 g/mol. The third-order valence-electron chi connectivity index (χ3n) is 3.71. The summed E-state index contributed by atoms with van der Waals surface area (Å²) in [5, 5.41) is 6.54. The molecule has 0 aliphatic carbocycles. The van der Waals surface area contributed by atoms with Crippen molar-refractivity contribution in [1.82, 2.24) is 15.5 Å². The minimum atomic E-state index is 0. The number of nitrogens with one attached hydrogen (secondary N) is 2. The first-order valence-electron chi connectivity index (χ1n) is 9.16. The quantitative estimate of drug-likeness (QED) is 0.190. The summed E-state index contributed by atoms with van der Waals surface area (Å²) in [4.78, 5) is 6.86. The van der Waals surface area contributed by atoms with Crippen LogP contribution in [0, 0.1) is 0 Å². The molecule has 1 aromatic carbocycles. The Morgan fingerprint density at radius 1 is 1.04 bits per heavy atom. The molecule has 0 atom stereocenters. The molecule has 0 amide bonds. The Morgan fingerprint density at radius 3 is 2.37 bits per heavy atom. The van der Waals surface area contributed by atoms with E-state index in [2.05, 4.69) is 34.5 Å². The highest BCUT2D eigenvalue weighted by atomic mass is 127. The Labute approximate surface area is 180 Å². The molecule has 0 saturated carbocycles. The molecule has 0 heterocycles. The fourth-order valence-electron chi connectivity index (χ4n) is 2.28. The van der Waals surface area contributed by atoms with Crippen LogP contribution in [0.25, 0.3) is 0 Å². The summed E-state index contributed by atoms with van der Waals surface area (Å²) in [6.45, 7) is 7.61. The van der Waals surface area contributed by atoms with E-state index in [0.29, 0.717) is 13.2 Å². The average Bonchev–Trinajstić information content (AvgIpc) is 2.66. The Bertz CT molecular complexity index is 500. The first-order chi connectivity index (χ1) is 12.7. The first-order valence-corrected chi connectivity index (χ1v) is 9.16. The number of guanidine groups is 1. The molecule has 0 aromatic heterocycles. The zero-order chi connectivity index (χ0) is 19.0. The number of hydrogen-bond acceptors (Lipinski definition) is 5. The van der Waals surface area contributed by atoms with Crippen LogP contribution in [0.1, 0.15) is 13.3 Å². The Balaban J connectivity index is 0.00000676. The molecule has 1 rings (SSSR count). The van der Waals surface area contributed by atoms with Gasteiger partial charge in [0, 0.05) is 33.4 Å². The number of ether oxygens (including phenoxy) is 3. The van der Waals surface area contributed by atoms with Gasteiger partial charge in [0.1, 0.15) is 18.1 Å². The second kappa shape index (κ2) is 16.9. The second-order valence-electron chi connectivity index (χ2n) is 5.86. The summed E-state index contributed by atoms with van der Waals surface area (Å²) in [6.07, 6.45) is 1.04. The number of rotatable bonds is 13. The van der Waals surface area contributed by atoms with Gasteiger partial charge in [-0.3, -0.25) is 4.99 Å². The van der Waals surface area contributed by atoms with Crippen molar-refractivity contribution in [2.24, 2.45) is 4.99 Å². The van der Waals surface area contributed by atoms with Crippen LogP contribution >= 0.6 is 24.0 Å². The van der Waals surface area contributed by atoms with Crippen LogP contribution < -0.4 is 20.1 Å². The summed E-state index contributed by atoms with van der Waals surface area (Å²) >= 11 is 0. The van der Waals surface area contributed by atoms with Crippen molar-refractivity contribution in [3.8, 4) is 11.5 Å². The molecule has 8 heteroatoms. The van der Waals surface area contributed by atoms with Crippen molar-refractivity contribution >= 4 is 29.9 Å². The maximum atomic E-state index is 5.71. The number of nitrogens with zero attached hydrogens (tertiary/aromatic N) is 2. The topological polar surface area (TPSA) is 67.4 Å². The van der Waals surface area contributed by atoms with Gasteiger partial charge in [0.2, 0.25) is 0 Å². The highest BCUT2D eigenvalue weighted by Gasteiger charge is 2.00. The molecule has 0 aliphatic rings. The lowest BCUT2D eigenvalue weighted by Gasteiger charge is -2.16. The van der Waals surface area contributed by atoms with E-state index < -0.39 is 0 Å². The summed E-state index contributed by atoms with van der Waals surface area (Å²) in [5.41, 5.74) is 0. The van der Waals surface area contributed by atoms with E-state index in [9.17, 15) is 0 Å². The Kier molecular flexibility index (Phi) is 16.1. The van der Waals surface area contributed by atoms with Gasteiger partial charge in [0.15, 0.2) is 5.96 Å². The van der Waals surface area contributed by atoms with E-state index in [4.69, 9.17) is 14.2 Å². The molecule has 27 heavy (non-hydrogen) atoms. The lowest BCUT2D eigenvalue weighted by atomic mass is 10.3. The van der Waals surface area contributed by atoms with Crippen LogP contribution in [-0.4, -0.2) is 78.1 Å². The largest absolute Gasteiger partial charge is 0.497 e. The molecule has 0 unspecified atom stereocenters. The molecule has 1 aromatic rings. The third kappa shape index (κ3) is 12.7. The second-order valence-corrected chi connectivity index (χ2v) is 5.86. The first kappa shape index (κ1) is 25.7. The lowest BCUT2D eigenvalue weighted by molar-refractivity contribution is 0.180. The van der Waals surface area contributed by atoms with Crippen molar-refractivity contribution in [3.63, 3.8) is 0 Å². The van der Waals surface area contributed by atoms with Gasteiger partial charge in [-0.2, -0.15) is 0 Å². The van der Waals surface area contributed by atoms with Gasteiger partial charge in [0.05, 0.1) is 20.2 Å². The van der Waals surface area contributed by atoms with E-state index in [0.717, 1.165) is 56.7 Å². The van der Waals surface area contributed by atoms with Crippen molar-refractivity contribution in [2.45, 2.75) is 13.3 Å². The van der Waals surface area contributed by atoms with Gasteiger partial charge in [-0.15, -0.1) is 24.0 Å². The Hall–Kier alpha value is -1.26. The fourth-order valence-corrected chi connectivity index (χ4v) is 2.28. The minimum Gasteiger partial charge on any atom is -0.497 e. The van der Waals surface area contributed by atoms with E-state index in [1.807, 2.05) is 24.3 Å². The van der Waals surface area contributed by atoms with Crippen LogP contribution in [0.5, 0.6) is 11.5 Å². The smallest absolute Gasteiger partial charge is 0.191 e. The molecule has 0 fully saturated rings. The number of likely N-dealkylation sites (N-methyl/N-ethyl adjacent to an activating group) is 1. The molecule has 0 bridgehead atoms. The highest BCUT2D eigenvalue weighted by Crippen LogP contribution is 2.16. The van der Waals surface area contributed by atoms with Crippen LogP contribution in [0.3, 0.4) is 0 Å². The molecule has 0 saturated heterocycles. The van der Waals surface area contributed by atoms with E-state index in [1.165, 1.54) is 0 Å². The van der Waals surface area contributed by atoms with Crippen LogP contribution in [0.15, 0.2) is 29.3 Å². The van der Waals surface area contributed by atoms with Gasteiger partial charge in [-0.1, -0.05) is 0 Å². The van der Waals surface area contributed by atoms with E-state index in [1.54, 1.807) is 14.2 Å². The number of hydrogen-bond donors (Lipinski definition) is 2. The molecular formula is C19H35IN4O3. The summed E-state index contributed by atoms with van der Waals surface area (Å²) < 4.78 is 15.9. The predicted molar refractivity (Wildman–Crippen MR) is 122 cm³/mol. The maximum Gasteiger partial charge on any atom is 0.191 e. The zero-order valence-corrected chi connectivity index (χ0v) is 19.3. The molecule has 0 aliphatic heterocycles. The number of methoxy groups -OCH3 is 2. The van der Waals surface area contributed by atoms with Crippen LogP contribution in [0.4, 0.5) is 0 Å². The van der Waals surface area contributed by atoms with Crippen molar-refractivity contribution < 1.29 is 14.2 Å². The average molecular weight is 494 g/mol. The summed E-state index contributed by atoms with van der Waals surface area (Å²) in [5.74, 6) is 2.47. The van der Waals surface area contributed by atoms with E-state index >= 15 is 0 Å². The summed E-state index contributed by atoms with van der Waals surface area (Å²) in [6, 6.07) is 7.57. The van der Waals surface area contributed by atoms with Crippen LogP contribution in [0.2, 0.25) is 0 Å². The monoisotopic (exact) mass is 494 g/mol. The molecule has 0 radical (unpaired) electrons. The normalized spacial score (nSPS) is 11.1. The van der Waals surface area contributed by atoms with E-state index in [-0.39, 0.29) is 24.0 Å². The Morgan fingerprint density at radius 2 is 1.74 bits per heavy atom. The highest BCUT2D eigenvalue weighted by molar-refractivity contribution is 14.0. The van der Waals surface area contributed by atoms with Crippen molar-refractivity contribution in [2.75, 3.05) is 67.2 Å². The number of halogens is 1. The predicted octanol–water partition coefficient (Wildman–Crippen LogP) is 2.22. The molecule has 0 spiro atoms. The molecule has 7 nitrogen and oxygen atoms in total. The SMILES string of the molecule is CCNC(=NCCN(C)CCCOC)NCCOc1ccc(OC)cc1.I. The number of aliphatic imine (C=N–C) groups is 1. The standard InChI is InChI=1S/C19H34N4O3.HI/c1-5-20-19(21-11-14-23(2)13-6-15-24-3)22-12-16-26-18-9-7-17(25-4)8-10-18;/h7-10H,5-6,11-16H2,1-4H3,(H2,20,21,22);1H. The van der Waals surface area contributed by atoms with Gasteiger partial charge < -0.3 is 29.7 Å². The summed E-state index contributed by atoms with van der Waals surface area (Å²) in [7, 11) is 5.49.